The monoisotopic (exact) mass is 470 g/mol. The summed E-state index contributed by atoms with van der Waals surface area (Å²) in [4.78, 5) is 15.2. The van der Waals surface area contributed by atoms with E-state index in [2.05, 4.69) is 24.1 Å². The number of piperidine rings is 3. The van der Waals surface area contributed by atoms with Crippen molar-refractivity contribution in [3.8, 4) is 16.9 Å². The highest BCUT2D eigenvalue weighted by molar-refractivity contribution is 5.71. The average Bonchev–Trinajstić information content (AvgIpc) is 3.04. The molecule has 3 aliphatic heterocycles. The van der Waals surface area contributed by atoms with Crippen molar-refractivity contribution in [2.75, 3.05) is 26.2 Å². The van der Waals surface area contributed by atoms with E-state index in [0.717, 1.165) is 43.6 Å². The molecule has 0 saturated carbocycles. The van der Waals surface area contributed by atoms with Gasteiger partial charge in [-0.2, -0.15) is 0 Å². The Labute approximate surface area is 199 Å². The van der Waals surface area contributed by atoms with Gasteiger partial charge in [-0.15, -0.1) is 0 Å². The molecule has 1 aliphatic carbocycles. The van der Waals surface area contributed by atoms with Gasteiger partial charge in [0.1, 0.15) is 11.9 Å². The van der Waals surface area contributed by atoms with Gasteiger partial charge in [0.15, 0.2) is 11.6 Å². The number of benzene rings is 2. The van der Waals surface area contributed by atoms with Crippen LogP contribution in [0.25, 0.3) is 11.1 Å². The summed E-state index contributed by atoms with van der Waals surface area (Å²) in [5, 5.41) is 3.03. The SMILES string of the molecule is CCOc1ccc(-c2cc3c(cc2F)C(NC(=O)O[C@H]2CN4CCC2CC4)C(C)(C)C3)cc1F. The van der Waals surface area contributed by atoms with E-state index in [-0.39, 0.29) is 23.3 Å². The van der Waals surface area contributed by atoms with E-state index in [4.69, 9.17) is 9.47 Å². The molecular weight excluding hydrogens is 438 g/mol. The van der Waals surface area contributed by atoms with Crippen LogP contribution in [0.2, 0.25) is 0 Å². The van der Waals surface area contributed by atoms with Crippen LogP contribution < -0.4 is 10.1 Å². The van der Waals surface area contributed by atoms with Crippen LogP contribution in [-0.2, 0) is 11.2 Å². The van der Waals surface area contributed by atoms with Crippen LogP contribution in [0.15, 0.2) is 30.3 Å². The molecule has 1 amide bonds. The lowest BCUT2D eigenvalue weighted by atomic mass is 9.85. The predicted molar refractivity (Wildman–Crippen MR) is 126 cm³/mol. The molecule has 5 nitrogen and oxygen atoms in total. The van der Waals surface area contributed by atoms with Gasteiger partial charge >= 0.3 is 6.09 Å². The van der Waals surface area contributed by atoms with Crippen molar-refractivity contribution < 1.29 is 23.0 Å². The number of nitrogens with zero attached hydrogens (tertiary/aromatic N) is 1. The molecule has 182 valence electrons. The number of rotatable bonds is 5. The topological polar surface area (TPSA) is 50.8 Å². The molecule has 3 saturated heterocycles. The third-order valence-corrected chi connectivity index (χ3v) is 7.63. The number of carbonyl (C=O) groups is 1. The molecule has 2 aromatic carbocycles. The first-order chi connectivity index (χ1) is 16.2. The molecule has 3 fully saturated rings. The van der Waals surface area contributed by atoms with E-state index in [1.165, 1.54) is 18.2 Å². The van der Waals surface area contributed by atoms with Crippen LogP contribution in [0, 0.1) is 23.0 Å². The molecule has 0 spiro atoms. The van der Waals surface area contributed by atoms with Gasteiger partial charge < -0.3 is 14.8 Å². The lowest BCUT2D eigenvalue weighted by Gasteiger charge is -2.44. The maximum absolute atomic E-state index is 15.2. The van der Waals surface area contributed by atoms with E-state index in [1.54, 1.807) is 19.1 Å². The first-order valence-corrected chi connectivity index (χ1v) is 12.2. The summed E-state index contributed by atoms with van der Waals surface area (Å²) < 4.78 is 40.7. The number of fused-ring (bicyclic) bond motifs is 4. The van der Waals surface area contributed by atoms with Crippen molar-refractivity contribution in [1.82, 2.24) is 10.2 Å². The molecule has 2 aromatic rings. The number of ether oxygens (including phenoxy) is 2. The van der Waals surface area contributed by atoms with E-state index < -0.39 is 17.7 Å². The summed E-state index contributed by atoms with van der Waals surface area (Å²) in [6, 6.07) is 7.39. The predicted octanol–water partition coefficient (Wildman–Crippen LogP) is 5.47. The quantitative estimate of drug-likeness (QED) is 0.629. The van der Waals surface area contributed by atoms with E-state index in [0.29, 0.717) is 30.1 Å². The fourth-order valence-electron chi connectivity index (χ4n) is 5.84. The highest BCUT2D eigenvalue weighted by Crippen LogP contribution is 2.47. The van der Waals surface area contributed by atoms with E-state index >= 15 is 4.39 Å². The third kappa shape index (κ3) is 4.26. The summed E-state index contributed by atoms with van der Waals surface area (Å²) in [5.74, 6) is -0.388. The van der Waals surface area contributed by atoms with Crippen molar-refractivity contribution in [3.05, 3.63) is 53.1 Å². The Morgan fingerprint density at radius 2 is 1.91 bits per heavy atom. The van der Waals surface area contributed by atoms with Crippen molar-refractivity contribution >= 4 is 6.09 Å². The molecule has 7 heteroatoms. The first-order valence-electron chi connectivity index (χ1n) is 12.2. The van der Waals surface area contributed by atoms with Gasteiger partial charge in [-0.3, -0.25) is 4.90 Å². The summed E-state index contributed by atoms with van der Waals surface area (Å²) in [7, 11) is 0. The van der Waals surface area contributed by atoms with Gasteiger partial charge in [0, 0.05) is 12.1 Å². The second-order valence-corrected chi connectivity index (χ2v) is 10.4. The number of carbonyl (C=O) groups excluding carboxylic acids is 1. The molecule has 1 N–H and O–H groups in total. The molecule has 4 aliphatic rings. The van der Waals surface area contributed by atoms with Gasteiger partial charge in [-0.1, -0.05) is 19.9 Å². The lowest BCUT2D eigenvalue weighted by molar-refractivity contribution is -0.0349. The molecule has 3 heterocycles. The normalized spacial score (nSPS) is 26.7. The van der Waals surface area contributed by atoms with Crippen LogP contribution in [0.5, 0.6) is 5.75 Å². The van der Waals surface area contributed by atoms with Gasteiger partial charge in [0.25, 0.3) is 0 Å². The Balaban J connectivity index is 1.36. The average molecular weight is 471 g/mol. The Hall–Kier alpha value is -2.67. The largest absolute Gasteiger partial charge is 0.491 e. The highest BCUT2D eigenvalue weighted by Gasteiger charge is 2.42. The van der Waals surface area contributed by atoms with E-state index in [1.807, 2.05) is 0 Å². The smallest absolute Gasteiger partial charge is 0.407 e. The fourth-order valence-corrected chi connectivity index (χ4v) is 5.84. The van der Waals surface area contributed by atoms with Gasteiger partial charge in [-0.05, 0) is 91.6 Å². The second-order valence-electron chi connectivity index (χ2n) is 10.4. The van der Waals surface area contributed by atoms with Crippen LogP contribution >= 0.6 is 0 Å². The van der Waals surface area contributed by atoms with Crippen LogP contribution in [0.1, 0.15) is 50.8 Å². The number of hydrogen-bond acceptors (Lipinski definition) is 4. The maximum Gasteiger partial charge on any atom is 0.407 e. The van der Waals surface area contributed by atoms with Crippen LogP contribution in [-0.4, -0.2) is 43.3 Å². The van der Waals surface area contributed by atoms with Crippen molar-refractivity contribution in [1.29, 1.82) is 0 Å². The third-order valence-electron chi connectivity index (χ3n) is 7.63. The second kappa shape index (κ2) is 8.84. The zero-order valence-corrected chi connectivity index (χ0v) is 20.0. The van der Waals surface area contributed by atoms with Crippen molar-refractivity contribution in [2.24, 2.45) is 11.3 Å². The number of hydrogen-bond donors (Lipinski definition) is 1. The standard InChI is InChI=1S/C27H32F2N2O3/c1-4-33-23-6-5-17(12-22(23)29)19-11-18-14-27(2,3)25(20(18)13-21(19)28)30-26(32)34-24-15-31-9-7-16(24)8-10-31/h5-6,11-13,16,24-25H,4,7-10,14-15H2,1-3H3,(H,30,32)/t24-,25?/m0/s1. The van der Waals surface area contributed by atoms with Crippen LogP contribution in [0.3, 0.4) is 0 Å². The number of alkyl carbamates (subject to hydrolysis) is 1. The number of amides is 1. The maximum atomic E-state index is 15.2. The molecular formula is C27H32F2N2O3. The zero-order valence-electron chi connectivity index (χ0n) is 20.0. The molecule has 0 aromatic heterocycles. The molecule has 6 rings (SSSR count). The highest BCUT2D eigenvalue weighted by atomic mass is 19.1. The Kier molecular flexibility index (Phi) is 6.00. The lowest BCUT2D eigenvalue weighted by Crippen LogP contribution is -2.53. The minimum absolute atomic E-state index is 0.0832. The molecule has 0 radical (unpaired) electrons. The molecule has 2 bridgehead atoms. The molecule has 34 heavy (non-hydrogen) atoms. The first kappa shape index (κ1) is 23.1. The van der Waals surface area contributed by atoms with Gasteiger partial charge in [0.05, 0.1) is 12.6 Å². The molecule has 2 atom stereocenters. The summed E-state index contributed by atoms with van der Waals surface area (Å²) in [5.41, 5.74) is 2.18. The summed E-state index contributed by atoms with van der Waals surface area (Å²) >= 11 is 0. The van der Waals surface area contributed by atoms with Crippen molar-refractivity contribution in [2.45, 2.75) is 52.2 Å². The minimum Gasteiger partial charge on any atom is -0.491 e. The van der Waals surface area contributed by atoms with Gasteiger partial charge in [-0.25, -0.2) is 13.6 Å². The number of halogens is 2. The fraction of sp³-hybridized carbons (Fsp3) is 0.519. The Bertz CT molecular complexity index is 1100. The molecule has 1 unspecified atom stereocenters. The minimum atomic E-state index is -0.519. The summed E-state index contributed by atoms with van der Waals surface area (Å²) in [6.07, 6.45) is 2.27. The number of nitrogens with one attached hydrogen (secondary N) is 1. The summed E-state index contributed by atoms with van der Waals surface area (Å²) in [6.45, 7) is 9.20. The Morgan fingerprint density at radius 1 is 1.15 bits per heavy atom. The zero-order chi connectivity index (χ0) is 24.0. The van der Waals surface area contributed by atoms with E-state index in [9.17, 15) is 9.18 Å². The van der Waals surface area contributed by atoms with Gasteiger partial charge in [0.2, 0.25) is 0 Å². The van der Waals surface area contributed by atoms with Crippen molar-refractivity contribution in [3.63, 3.8) is 0 Å². The Morgan fingerprint density at radius 3 is 2.56 bits per heavy atom. The van der Waals surface area contributed by atoms with Crippen LogP contribution in [0.4, 0.5) is 13.6 Å².